The Morgan fingerprint density at radius 1 is 1.12 bits per heavy atom. The topological polar surface area (TPSA) is 115 Å². The van der Waals surface area contributed by atoms with Gasteiger partial charge < -0.3 is 14.5 Å². The van der Waals surface area contributed by atoms with Crippen molar-refractivity contribution in [2.45, 2.75) is 31.4 Å². The number of nitrogens with one attached hydrogen (secondary N) is 2. The molecule has 0 aliphatic heterocycles. The summed E-state index contributed by atoms with van der Waals surface area (Å²) in [7, 11) is -3.90. The number of anilines is 1. The van der Waals surface area contributed by atoms with Crippen LogP contribution in [0.3, 0.4) is 0 Å². The van der Waals surface area contributed by atoms with Gasteiger partial charge in [-0.2, -0.15) is 0 Å². The second kappa shape index (κ2) is 9.99. The van der Waals surface area contributed by atoms with Gasteiger partial charge in [0.25, 0.3) is 5.91 Å². The molecule has 0 radical (unpaired) electrons. The van der Waals surface area contributed by atoms with E-state index in [2.05, 4.69) is 10.0 Å². The predicted molar refractivity (Wildman–Crippen MR) is 119 cm³/mol. The van der Waals surface area contributed by atoms with E-state index in [4.69, 9.17) is 20.8 Å². The molecule has 1 unspecified atom stereocenters. The van der Waals surface area contributed by atoms with Gasteiger partial charge in [0.15, 0.2) is 6.10 Å². The van der Waals surface area contributed by atoms with E-state index < -0.39 is 28.0 Å². The van der Waals surface area contributed by atoms with E-state index in [1.165, 1.54) is 37.5 Å². The highest BCUT2D eigenvalue weighted by Gasteiger charge is 2.22. The SMILES string of the molecule is Cc1ccc(Cl)cc1NC(=O)C(C)OC(=O)c1cccc(S(=O)(=O)NCc2ccco2)c1. The number of aryl methyl sites for hydroxylation is 1. The number of carbonyl (C=O) groups excluding carboxylic acids is 2. The smallest absolute Gasteiger partial charge is 0.338 e. The zero-order valence-electron chi connectivity index (χ0n) is 17.3. The van der Waals surface area contributed by atoms with Crippen LogP contribution in [0.5, 0.6) is 0 Å². The summed E-state index contributed by atoms with van der Waals surface area (Å²) in [6, 6.07) is 13.7. The van der Waals surface area contributed by atoms with Gasteiger partial charge in [0, 0.05) is 10.7 Å². The lowest BCUT2D eigenvalue weighted by Gasteiger charge is -2.15. The number of sulfonamides is 1. The second-order valence-corrected chi connectivity index (χ2v) is 9.13. The average Bonchev–Trinajstić information content (AvgIpc) is 3.29. The Hall–Kier alpha value is -3.14. The van der Waals surface area contributed by atoms with E-state index in [1.54, 1.807) is 37.3 Å². The van der Waals surface area contributed by atoms with Crippen LogP contribution in [0, 0.1) is 6.92 Å². The summed E-state index contributed by atoms with van der Waals surface area (Å²) in [5, 5.41) is 3.11. The van der Waals surface area contributed by atoms with Crippen molar-refractivity contribution in [1.82, 2.24) is 4.72 Å². The largest absolute Gasteiger partial charge is 0.468 e. The van der Waals surface area contributed by atoms with Gasteiger partial charge >= 0.3 is 5.97 Å². The van der Waals surface area contributed by atoms with Crippen LogP contribution in [0.4, 0.5) is 5.69 Å². The Morgan fingerprint density at radius 3 is 2.62 bits per heavy atom. The number of halogens is 1. The van der Waals surface area contributed by atoms with Crippen LogP contribution in [0.1, 0.15) is 28.6 Å². The number of carbonyl (C=O) groups is 2. The molecule has 3 aromatic rings. The fourth-order valence-corrected chi connectivity index (χ4v) is 3.91. The molecule has 1 amide bonds. The third-order valence-electron chi connectivity index (χ3n) is 4.51. The summed E-state index contributed by atoms with van der Waals surface area (Å²) in [6.07, 6.45) is 0.309. The molecule has 0 aliphatic rings. The summed E-state index contributed by atoms with van der Waals surface area (Å²) >= 11 is 5.95. The van der Waals surface area contributed by atoms with Crippen molar-refractivity contribution in [2.75, 3.05) is 5.32 Å². The van der Waals surface area contributed by atoms with Gasteiger partial charge in [0.05, 0.1) is 23.3 Å². The number of ether oxygens (including phenoxy) is 1. The number of rotatable bonds is 8. The molecule has 8 nitrogen and oxygen atoms in total. The normalized spacial score (nSPS) is 12.2. The van der Waals surface area contributed by atoms with Crippen LogP contribution in [0.15, 0.2) is 70.2 Å². The molecule has 0 saturated carbocycles. The summed E-state index contributed by atoms with van der Waals surface area (Å²) in [5.41, 5.74) is 1.28. The van der Waals surface area contributed by atoms with E-state index in [0.717, 1.165) is 5.56 Å². The zero-order chi connectivity index (χ0) is 23.3. The maximum Gasteiger partial charge on any atom is 0.338 e. The monoisotopic (exact) mass is 476 g/mol. The minimum atomic E-state index is -3.90. The van der Waals surface area contributed by atoms with Gasteiger partial charge in [0.1, 0.15) is 5.76 Å². The van der Waals surface area contributed by atoms with Gasteiger partial charge in [-0.05, 0) is 61.9 Å². The number of esters is 1. The molecule has 0 fully saturated rings. The predicted octanol–water partition coefficient (Wildman–Crippen LogP) is 3.90. The van der Waals surface area contributed by atoms with Gasteiger partial charge in [-0.25, -0.2) is 17.9 Å². The van der Waals surface area contributed by atoms with Crippen molar-refractivity contribution in [3.05, 3.63) is 82.8 Å². The highest BCUT2D eigenvalue weighted by Crippen LogP contribution is 2.21. The summed E-state index contributed by atoms with van der Waals surface area (Å²) in [6.45, 7) is 3.18. The number of benzene rings is 2. The maximum absolute atomic E-state index is 12.5. The van der Waals surface area contributed by atoms with E-state index in [1.807, 2.05) is 0 Å². The quantitative estimate of drug-likeness (QED) is 0.476. The molecule has 3 rings (SSSR count). The van der Waals surface area contributed by atoms with Crippen LogP contribution < -0.4 is 10.0 Å². The maximum atomic E-state index is 12.5. The first-order valence-electron chi connectivity index (χ1n) is 9.56. The van der Waals surface area contributed by atoms with Crippen LogP contribution in [-0.4, -0.2) is 26.4 Å². The summed E-state index contributed by atoms with van der Waals surface area (Å²) in [5.74, 6) is -0.940. The molecular weight excluding hydrogens is 456 g/mol. The molecule has 0 saturated heterocycles. The van der Waals surface area contributed by atoms with Crippen molar-refractivity contribution >= 4 is 39.2 Å². The molecule has 1 aromatic heterocycles. The molecule has 0 spiro atoms. The number of amides is 1. The third kappa shape index (κ3) is 5.97. The number of hydrogen-bond acceptors (Lipinski definition) is 6. The molecule has 0 aliphatic carbocycles. The Morgan fingerprint density at radius 2 is 1.91 bits per heavy atom. The molecule has 2 N–H and O–H groups in total. The van der Waals surface area contributed by atoms with Crippen molar-refractivity contribution in [2.24, 2.45) is 0 Å². The molecule has 10 heteroatoms. The lowest BCUT2D eigenvalue weighted by atomic mass is 10.2. The van der Waals surface area contributed by atoms with Crippen molar-refractivity contribution in [3.63, 3.8) is 0 Å². The van der Waals surface area contributed by atoms with Gasteiger partial charge in [-0.15, -0.1) is 0 Å². The Balaban J connectivity index is 1.65. The summed E-state index contributed by atoms with van der Waals surface area (Å²) < 4.78 is 37.7. The van der Waals surface area contributed by atoms with E-state index >= 15 is 0 Å². The van der Waals surface area contributed by atoms with Gasteiger partial charge in [-0.1, -0.05) is 23.7 Å². The lowest BCUT2D eigenvalue weighted by molar-refractivity contribution is -0.123. The first kappa shape index (κ1) is 23.5. The fraction of sp³-hybridized carbons (Fsp3) is 0.182. The molecule has 2 aromatic carbocycles. The molecule has 0 bridgehead atoms. The molecule has 1 atom stereocenters. The van der Waals surface area contributed by atoms with Crippen LogP contribution >= 0.6 is 11.6 Å². The van der Waals surface area contributed by atoms with Crippen molar-refractivity contribution < 1.29 is 27.2 Å². The van der Waals surface area contributed by atoms with Crippen LogP contribution in [0.2, 0.25) is 5.02 Å². The third-order valence-corrected chi connectivity index (χ3v) is 6.14. The first-order chi connectivity index (χ1) is 15.2. The molecule has 168 valence electrons. The Kier molecular flexibility index (Phi) is 7.34. The number of hydrogen-bond donors (Lipinski definition) is 2. The van der Waals surface area contributed by atoms with E-state index in [-0.39, 0.29) is 17.0 Å². The van der Waals surface area contributed by atoms with Crippen LogP contribution in [0.25, 0.3) is 0 Å². The molecule has 1 heterocycles. The number of furan rings is 1. The van der Waals surface area contributed by atoms with Crippen molar-refractivity contribution in [3.8, 4) is 0 Å². The highest BCUT2D eigenvalue weighted by atomic mass is 35.5. The van der Waals surface area contributed by atoms with Gasteiger partial charge in [0.2, 0.25) is 10.0 Å². The average molecular weight is 477 g/mol. The first-order valence-corrected chi connectivity index (χ1v) is 11.4. The Labute approximate surface area is 190 Å². The lowest BCUT2D eigenvalue weighted by Crippen LogP contribution is -2.30. The van der Waals surface area contributed by atoms with Gasteiger partial charge in [-0.3, -0.25) is 4.79 Å². The second-order valence-electron chi connectivity index (χ2n) is 6.93. The van der Waals surface area contributed by atoms with Crippen LogP contribution in [-0.2, 0) is 26.1 Å². The zero-order valence-corrected chi connectivity index (χ0v) is 18.9. The minimum Gasteiger partial charge on any atom is -0.468 e. The highest BCUT2D eigenvalue weighted by molar-refractivity contribution is 7.89. The van der Waals surface area contributed by atoms with Crippen molar-refractivity contribution in [1.29, 1.82) is 0 Å². The molecular formula is C22H21ClN2O6S. The summed E-state index contributed by atoms with van der Waals surface area (Å²) in [4.78, 5) is 24.8. The fourth-order valence-electron chi connectivity index (χ4n) is 2.70. The molecule has 32 heavy (non-hydrogen) atoms. The standard InChI is InChI=1S/C22H21ClN2O6S/c1-14-8-9-17(23)12-20(14)25-21(26)15(2)31-22(27)16-5-3-7-19(11-16)32(28,29)24-13-18-6-4-10-30-18/h3-12,15,24H,13H2,1-2H3,(H,25,26). The minimum absolute atomic E-state index is 0.00976. The van der Waals surface area contributed by atoms with E-state index in [0.29, 0.717) is 16.5 Å². The van der Waals surface area contributed by atoms with E-state index in [9.17, 15) is 18.0 Å². The Bertz CT molecular complexity index is 1220.